The fourth-order valence-corrected chi connectivity index (χ4v) is 0.958. The van der Waals surface area contributed by atoms with E-state index < -0.39 is 0 Å². The van der Waals surface area contributed by atoms with Crippen molar-refractivity contribution in [2.75, 3.05) is 0 Å². The molecule has 0 saturated heterocycles. The van der Waals surface area contributed by atoms with Gasteiger partial charge >= 0.3 is 0 Å². The third-order valence-electron chi connectivity index (χ3n) is 1.20. The zero-order valence-corrected chi connectivity index (χ0v) is 8.15. The minimum absolute atomic E-state index is 0. The van der Waals surface area contributed by atoms with Crippen molar-refractivity contribution in [3.8, 4) is 0 Å². The molecule has 0 aliphatic carbocycles. The second-order valence-electron chi connectivity index (χ2n) is 1.96. The van der Waals surface area contributed by atoms with Crippen molar-refractivity contribution in [1.82, 2.24) is 5.48 Å². The molecule has 0 atom stereocenters. The molecule has 11 heavy (non-hydrogen) atoms. The minimum atomic E-state index is 0. The molecule has 1 rings (SSSR count). The molecule has 0 radical (unpaired) electrons. The molecule has 0 amide bonds. The SMILES string of the molecule is Cl.ONCc1ccc(Br)cc1. The van der Waals surface area contributed by atoms with E-state index in [2.05, 4.69) is 21.4 Å². The van der Waals surface area contributed by atoms with Crippen LogP contribution in [0.25, 0.3) is 0 Å². The maximum Gasteiger partial charge on any atom is 0.0458 e. The Hall–Kier alpha value is -0.0900. The monoisotopic (exact) mass is 237 g/mol. The van der Waals surface area contributed by atoms with Crippen LogP contribution in [0.5, 0.6) is 0 Å². The molecule has 0 unspecified atom stereocenters. The fraction of sp³-hybridized carbons (Fsp3) is 0.143. The van der Waals surface area contributed by atoms with Crippen LogP contribution in [-0.4, -0.2) is 5.21 Å². The molecule has 0 aliphatic rings. The van der Waals surface area contributed by atoms with Crippen LogP contribution in [0.2, 0.25) is 0 Å². The first-order chi connectivity index (χ1) is 4.83. The lowest BCUT2D eigenvalue weighted by molar-refractivity contribution is 0.161. The zero-order valence-electron chi connectivity index (χ0n) is 5.75. The quantitative estimate of drug-likeness (QED) is 0.775. The van der Waals surface area contributed by atoms with E-state index in [9.17, 15) is 0 Å². The Labute approximate surface area is 80.1 Å². The van der Waals surface area contributed by atoms with Gasteiger partial charge in [-0.05, 0) is 17.7 Å². The van der Waals surface area contributed by atoms with E-state index in [1.807, 2.05) is 24.3 Å². The predicted molar refractivity (Wildman–Crippen MR) is 50.0 cm³/mol. The van der Waals surface area contributed by atoms with Gasteiger partial charge in [-0.15, -0.1) is 12.4 Å². The topological polar surface area (TPSA) is 32.3 Å². The Morgan fingerprint density at radius 3 is 2.27 bits per heavy atom. The first kappa shape index (κ1) is 10.9. The molecular formula is C7H9BrClNO. The van der Waals surface area contributed by atoms with Gasteiger partial charge in [-0.25, -0.2) is 5.48 Å². The Morgan fingerprint density at radius 1 is 1.27 bits per heavy atom. The van der Waals surface area contributed by atoms with Crippen molar-refractivity contribution in [1.29, 1.82) is 0 Å². The van der Waals surface area contributed by atoms with Crippen LogP contribution in [-0.2, 0) is 6.54 Å². The second kappa shape index (κ2) is 5.55. The van der Waals surface area contributed by atoms with Crippen molar-refractivity contribution in [3.05, 3.63) is 34.3 Å². The third-order valence-corrected chi connectivity index (χ3v) is 1.73. The van der Waals surface area contributed by atoms with Crippen molar-refractivity contribution in [2.24, 2.45) is 0 Å². The molecule has 62 valence electrons. The Bertz CT molecular complexity index is 202. The highest BCUT2D eigenvalue weighted by Gasteiger charge is 1.89. The normalized spacial score (nSPS) is 8.91. The molecule has 0 heterocycles. The summed E-state index contributed by atoms with van der Waals surface area (Å²) in [6.07, 6.45) is 0. The second-order valence-corrected chi connectivity index (χ2v) is 2.88. The number of nitrogens with one attached hydrogen (secondary N) is 1. The Morgan fingerprint density at radius 2 is 1.82 bits per heavy atom. The van der Waals surface area contributed by atoms with Gasteiger partial charge in [-0.2, -0.15) is 0 Å². The third kappa shape index (κ3) is 3.72. The molecule has 1 aromatic rings. The summed E-state index contributed by atoms with van der Waals surface area (Å²) in [5.41, 5.74) is 3.15. The first-order valence-electron chi connectivity index (χ1n) is 2.94. The van der Waals surface area contributed by atoms with Crippen LogP contribution < -0.4 is 5.48 Å². The van der Waals surface area contributed by atoms with Gasteiger partial charge in [0.05, 0.1) is 0 Å². The van der Waals surface area contributed by atoms with Crippen molar-refractivity contribution in [3.63, 3.8) is 0 Å². The van der Waals surface area contributed by atoms with E-state index in [-0.39, 0.29) is 12.4 Å². The summed E-state index contributed by atoms with van der Waals surface area (Å²) in [6.45, 7) is 0.493. The number of hydrogen-bond acceptors (Lipinski definition) is 2. The molecule has 0 aliphatic heterocycles. The fourth-order valence-electron chi connectivity index (χ4n) is 0.694. The number of rotatable bonds is 2. The van der Waals surface area contributed by atoms with Crippen molar-refractivity contribution >= 4 is 28.3 Å². The van der Waals surface area contributed by atoms with Gasteiger partial charge in [-0.1, -0.05) is 28.1 Å². The molecule has 1 aromatic carbocycles. The van der Waals surface area contributed by atoms with E-state index >= 15 is 0 Å². The van der Waals surface area contributed by atoms with Crippen LogP contribution in [0.15, 0.2) is 28.7 Å². The highest BCUT2D eigenvalue weighted by molar-refractivity contribution is 9.10. The molecule has 2 N–H and O–H groups in total. The van der Waals surface area contributed by atoms with Crippen molar-refractivity contribution in [2.45, 2.75) is 6.54 Å². The van der Waals surface area contributed by atoms with Crippen LogP contribution >= 0.6 is 28.3 Å². The van der Waals surface area contributed by atoms with Gasteiger partial charge in [0.1, 0.15) is 0 Å². The molecule has 0 fully saturated rings. The maximum absolute atomic E-state index is 8.33. The van der Waals surface area contributed by atoms with E-state index in [1.165, 1.54) is 0 Å². The first-order valence-corrected chi connectivity index (χ1v) is 3.73. The number of hydroxylamine groups is 1. The van der Waals surface area contributed by atoms with E-state index in [0.29, 0.717) is 6.54 Å². The summed E-state index contributed by atoms with van der Waals surface area (Å²) in [6, 6.07) is 7.75. The van der Waals surface area contributed by atoms with Gasteiger partial charge in [0, 0.05) is 11.0 Å². The molecular weight excluding hydrogens is 229 g/mol. The highest BCUT2D eigenvalue weighted by atomic mass is 79.9. The van der Waals surface area contributed by atoms with Crippen molar-refractivity contribution < 1.29 is 5.21 Å². The summed E-state index contributed by atoms with van der Waals surface area (Å²) in [4.78, 5) is 0. The van der Waals surface area contributed by atoms with Crippen LogP contribution in [0, 0.1) is 0 Å². The summed E-state index contributed by atoms with van der Waals surface area (Å²) in [5, 5.41) is 8.33. The van der Waals surface area contributed by atoms with Crippen LogP contribution in [0.3, 0.4) is 0 Å². The Balaban J connectivity index is 0.000001000. The lowest BCUT2D eigenvalue weighted by Gasteiger charge is -1.97. The van der Waals surface area contributed by atoms with Gasteiger partial charge in [0.25, 0.3) is 0 Å². The summed E-state index contributed by atoms with van der Waals surface area (Å²) >= 11 is 3.31. The van der Waals surface area contributed by atoms with E-state index in [4.69, 9.17) is 5.21 Å². The standard InChI is InChI=1S/C7H8BrNO.ClH/c8-7-3-1-6(2-4-7)5-9-10;/h1-4,9-10H,5H2;1H. The minimum Gasteiger partial charge on any atom is -0.316 e. The number of halogens is 2. The van der Waals surface area contributed by atoms with Gasteiger partial charge in [0.15, 0.2) is 0 Å². The maximum atomic E-state index is 8.33. The number of benzene rings is 1. The average molecular weight is 239 g/mol. The largest absolute Gasteiger partial charge is 0.316 e. The highest BCUT2D eigenvalue weighted by Crippen LogP contribution is 2.09. The smallest absolute Gasteiger partial charge is 0.0458 e. The summed E-state index contributed by atoms with van der Waals surface area (Å²) in [7, 11) is 0. The zero-order chi connectivity index (χ0) is 7.40. The predicted octanol–water partition coefficient (Wildman–Crippen LogP) is 2.35. The summed E-state index contributed by atoms with van der Waals surface area (Å²) < 4.78 is 1.05. The lowest BCUT2D eigenvalue weighted by atomic mass is 10.2. The van der Waals surface area contributed by atoms with Gasteiger partial charge < -0.3 is 5.21 Å². The van der Waals surface area contributed by atoms with E-state index in [1.54, 1.807) is 0 Å². The molecule has 4 heteroatoms. The molecule has 0 aromatic heterocycles. The lowest BCUT2D eigenvalue weighted by Crippen LogP contribution is -2.05. The summed E-state index contributed by atoms with van der Waals surface area (Å²) in [5.74, 6) is 0. The van der Waals surface area contributed by atoms with Crippen LogP contribution in [0.1, 0.15) is 5.56 Å². The average Bonchev–Trinajstić information content (AvgIpc) is 1.95. The molecule has 0 bridgehead atoms. The van der Waals surface area contributed by atoms with Crippen LogP contribution in [0.4, 0.5) is 0 Å². The van der Waals surface area contributed by atoms with E-state index in [0.717, 1.165) is 10.0 Å². The molecule has 0 spiro atoms. The van der Waals surface area contributed by atoms with Gasteiger partial charge in [0.2, 0.25) is 0 Å². The Kier molecular flexibility index (Phi) is 5.50. The molecule has 2 nitrogen and oxygen atoms in total. The molecule has 0 saturated carbocycles. The van der Waals surface area contributed by atoms with Gasteiger partial charge in [-0.3, -0.25) is 0 Å². The number of hydrogen-bond donors (Lipinski definition) is 2.